The lowest BCUT2D eigenvalue weighted by atomic mass is 10.1. The Morgan fingerprint density at radius 1 is 1.12 bits per heavy atom. The summed E-state index contributed by atoms with van der Waals surface area (Å²) in [7, 11) is 0. The molecule has 6 rings (SSSR count). The minimum Gasteiger partial charge on any atom is -0.355 e. The molecule has 1 aliphatic carbocycles. The number of aromatic nitrogens is 4. The van der Waals surface area contributed by atoms with E-state index >= 15 is 0 Å². The first-order chi connectivity index (χ1) is 15.4. The SMILES string of the molecule is Cc1cn2cc(NC(=O)c3ccc(N4CCNC5(CC5)C4)n4cc(C)nc34)cc(F)c2n1. The number of hydrogen-bond acceptors (Lipinski definition) is 5. The van der Waals surface area contributed by atoms with Gasteiger partial charge in [-0.2, -0.15) is 0 Å². The van der Waals surface area contributed by atoms with Crippen LogP contribution in [0.4, 0.5) is 15.9 Å². The van der Waals surface area contributed by atoms with Crippen LogP contribution in [0.2, 0.25) is 0 Å². The number of rotatable bonds is 3. The fourth-order valence-electron chi connectivity index (χ4n) is 4.69. The van der Waals surface area contributed by atoms with E-state index < -0.39 is 5.82 Å². The van der Waals surface area contributed by atoms with Crippen LogP contribution in [0.3, 0.4) is 0 Å². The van der Waals surface area contributed by atoms with Crippen LogP contribution in [0.25, 0.3) is 11.3 Å². The Kier molecular flexibility index (Phi) is 4.07. The highest BCUT2D eigenvalue weighted by molar-refractivity contribution is 6.08. The van der Waals surface area contributed by atoms with E-state index in [9.17, 15) is 9.18 Å². The van der Waals surface area contributed by atoms with E-state index in [2.05, 4.69) is 25.5 Å². The number of aryl methyl sites for hydroxylation is 2. The number of anilines is 2. The number of pyridine rings is 2. The van der Waals surface area contributed by atoms with Gasteiger partial charge in [-0.25, -0.2) is 14.4 Å². The molecular formula is C23H24FN7O. The van der Waals surface area contributed by atoms with Gasteiger partial charge in [0.15, 0.2) is 17.1 Å². The lowest BCUT2D eigenvalue weighted by Crippen LogP contribution is -2.53. The highest BCUT2D eigenvalue weighted by Gasteiger charge is 2.45. The van der Waals surface area contributed by atoms with E-state index in [0.717, 1.165) is 31.1 Å². The van der Waals surface area contributed by atoms with Crippen LogP contribution in [0.5, 0.6) is 0 Å². The lowest BCUT2D eigenvalue weighted by molar-refractivity contribution is 0.102. The standard InChI is InChI=1S/C23H24FN7O/c1-14-10-30-12-16(9-18(24)21(30)27-14)28-22(32)17-3-4-19(31-11-15(2)26-20(17)31)29-8-7-25-23(13-29)5-6-23/h3-4,9-12,25H,5-8,13H2,1-2H3,(H,28,32). The zero-order chi connectivity index (χ0) is 22.0. The second kappa shape index (κ2) is 6.77. The number of amides is 1. The smallest absolute Gasteiger partial charge is 0.259 e. The van der Waals surface area contributed by atoms with Gasteiger partial charge in [-0.3, -0.25) is 9.20 Å². The summed E-state index contributed by atoms with van der Waals surface area (Å²) in [5, 5.41) is 6.45. The average molecular weight is 433 g/mol. The molecule has 32 heavy (non-hydrogen) atoms. The minimum absolute atomic E-state index is 0.237. The Balaban J connectivity index is 1.35. The molecule has 2 N–H and O–H groups in total. The van der Waals surface area contributed by atoms with Crippen molar-refractivity contribution in [2.24, 2.45) is 0 Å². The number of nitrogens with one attached hydrogen (secondary N) is 2. The predicted octanol–water partition coefficient (Wildman–Crippen LogP) is 2.93. The molecule has 1 saturated heterocycles. The highest BCUT2D eigenvalue weighted by atomic mass is 19.1. The van der Waals surface area contributed by atoms with E-state index in [-0.39, 0.29) is 17.1 Å². The molecule has 4 aromatic rings. The van der Waals surface area contributed by atoms with Crippen molar-refractivity contribution in [3.05, 3.63) is 59.6 Å². The third-order valence-corrected chi connectivity index (χ3v) is 6.40. The minimum atomic E-state index is -0.485. The summed E-state index contributed by atoms with van der Waals surface area (Å²) in [6.07, 6.45) is 7.75. The Labute approximate surface area is 184 Å². The van der Waals surface area contributed by atoms with Crippen molar-refractivity contribution in [3.8, 4) is 0 Å². The van der Waals surface area contributed by atoms with Crippen LogP contribution >= 0.6 is 0 Å². The van der Waals surface area contributed by atoms with Crippen molar-refractivity contribution in [1.82, 2.24) is 24.1 Å². The molecule has 0 unspecified atom stereocenters. The summed E-state index contributed by atoms with van der Waals surface area (Å²) in [6, 6.07) is 5.08. The first kappa shape index (κ1) is 19.2. The Bertz CT molecular complexity index is 1380. The van der Waals surface area contributed by atoms with Crippen LogP contribution < -0.4 is 15.5 Å². The monoisotopic (exact) mass is 433 g/mol. The van der Waals surface area contributed by atoms with E-state index in [1.54, 1.807) is 23.7 Å². The molecule has 2 fully saturated rings. The molecule has 5 heterocycles. The van der Waals surface area contributed by atoms with Gasteiger partial charge in [0.1, 0.15) is 5.82 Å². The lowest BCUT2D eigenvalue weighted by Gasteiger charge is -2.36. The van der Waals surface area contributed by atoms with Crippen molar-refractivity contribution in [1.29, 1.82) is 0 Å². The van der Waals surface area contributed by atoms with Gasteiger partial charge < -0.3 is 19.9 Å². The fraction of sp³-hybridized carbons (Fsp3) is 0.348. The quantitative estimate of drug-likeness (QED) is 0.519. The van der Waals surface area contributed by atoms with Crippen molar-refractivity contribution < 1.29 is 9.18 Å². The van der Waals surface area contributed by atoms with E-state index in [1.165, 1.54) is 18.9 Å². The van der Waals surface area contributed by atoms with Crippen molar-refractivity contribution >= 4 is 28.7 Å². The number of imidazole rings is 2. The predicted molar refractivity (Wildman–Crippen MR) is 120 cm³/mol. The van der Waals surface area contributed by atoms with Crippen LogP contribution in [0, 0.1) is 19.7 Å². The summed E-state index contributed by atoms with van der Waals surface area (Å²) in [5.74, 6) is 0.216. The number of halogens is 1. The van der Waals surface area contributed by atoms with Crippen LogP contribution in [0.1, 0.15) is 34.6 Å². The molecule has 0 atom stereocenters. The van der Waals surface area contributed by atoms with Crippen LogP contribution in [-0.2, 0) is 0 Å². The molecule has 1 spiro atoms. The maximum atomic E-state index is 14.4. The molecule has 8 nitrogen and oxygen atoms in total. The number of hydrogen-bond donors (Lipinski definition) is 2. The maximum Gasteiger partial charge on any atom is 0.259 e. The Morgan fingerprint density at radius 3 is 2.72 bits per heavy atom. The summed E-state index contributed by atoms with van der Waals surface area (Å²) >= 11 is 0. The fourth-order valence-corrected chi connectivity index (χ4v) is 4.69. The van der Waals surface area contributed by atoms with Crippen LogP contribution in [-0.4, -0.2) is 49.8 Å². The number of nitrogens with zero attached hydrogens (tertiary/aromatic N) is 5. The molecule has 0 aromatic carbocycles. The van der Waals surface area contributed by atoms with Gasteiger partial charge in [-0.05, 0) is 38.8 Å². The molecule has 0 radical (unpaired) electrons. The second-order valence-corrected chi connectivity index (χ2v) is 8.95. The summed E-state index contributed by atoms with van der Waals surface area (Å²) < 4.78 is 18.0. The van der Waals surface area contributed by atoms with Crippen molar-refractivity contribution in [2.75, 3.05) is 29.9 Å². The Hall–Kier alpha value is -3.46. The van der Waals surface area contributed by atoms with E-state index in [1.807, 2.05) is 29.7 Å². The van der Waals surface area contributed by atoms with Crippen molar-refractivity contribution in [3.63, 3.8) is 0 Å². The third-order valence-electron chi connectivity index (χ3n) is 6.40. The Morgan fingerprint density at radius 2 is 1.91 bits per heavy atom. The van der Waals surface area contributed by atoms with Crippen LogP contribution in [0.15, 0.2) is 36.8 Å². The normalized spacial score (nSPS) is 17.4. The average Bonchev–Trinajstić information content (AvgIpc) is 3.18. The summed E-state index contributed by atoms with van der Waals surface area (Å²) in [5.41, 5.74) is 3.43. The molecule has 164 valence electrons. The number of carbonyl (C=O) groups excluding carboxylic acids is 1. The first-order valence-corrected chi connectivity index (χ1v) is 10.9. The van der Waals surface area contributed by atoms with Gasteiger partial charge in [0.25, 0.3) is 5.91 Å². The van der Waals surface area contributed by atoms with E-state index in [4.69, 9.17) is 0 Å². The van der Waals surface area contributed by atoms with Gasteiger partial charge in [0.05, 0.1) is 22.6 Å². The zero-order valence-electron chi connectivity index (χ0n) is 18.0. The van der Waals surface area contributed by atoms with Crippen molar-refractivity contribution in [2.45, 2.75) is 32.2 Å². The van der Waals surface area contributed by atoms with Gasteiger partial charge in [0, 0.05) is 49.8 Å². The molecule has 1 saturated carbocycles. The molecule has 0 bridgehead atoms. The van der Waals surface area contributed by atoms with Gasteiger partial charge in [0.2, 0.25) is 0 Å². The number of carbonyl (C=O) groups is 1. The zero-order valence-corrected chi connectivity index (χ0v) is 18.0. The van der Waals surface area contributed by atoms with Gasteiger partial charge in [-0.15, -0.1) is 0 Å². The van der Waals surface area contributed by atoms with Gasteiger partial charge in [-0.1, -0.05) is 0 Å². The topological polar surface area (TPSA) is 79.0 Å². The molecule has 4 aromatic heterocycles. The van der Waals surface area contributed by atoms with Gasteiger partial charge >= 0.3 is 0 Å². The molecule has 9 heteroatoms. The maximum absolute atomic E-state index is 14.4. The molecule has 1 amide bonds. The highest BCUT2D eigenvalue weighted by Crippen LogP contribution is 2.39. The van der Waals surface area contributed by atoms with E-state index in [0.29, 0.717) is 22.6 Å². The molecular weight excluding hydrogens is 409 g/mol. The summed E-state index contributed by atoms with van der Waals surface area (Å²) in [6.45, 7) is 6.52. The summed E-state index contributed by atoms with van der Waals surface area (Å²) in [4.78, 5) is 24.3. The largest absolute Gasteiger partial charge is 0.355 e. The third kappa shape index (κ3) is 3.12. The number of fused-ring (bicyclic) bond motifs is 2. The second-order valence-electron chi connectivity index (χ2n) is 8.95. The number of piperazine rings is 1. The first-order valence-electron chi connectivity index (χ1n) is 10.9. The molecule has 2 aliphatic rings. The molecule has 1 aliphatic heterocycles.